The fourth-order valence-electron chi connectivity index (χ4n) is 6.29. The van der Waals surface area contributed by atoms with Gasteiger partial charge in [-0.3, -0.25) is 44.2 Å². The lowest BCUT2D eigenvalue weighted by atomic mass is 10.0. The zero-order valence-corrected chi connectivity index (χ0v) is 30.5. The number of pyridine rings is 2. The summed E-state index contributed by atoms with van der Waals surface area (Å²) >= 11 is 0. The van der Waals surface area contributed by atoms with Crippen molar-refractivity contribution in [2.45, 2.75) is 63.2 Å². The molecule has 0 bridgehead atoms. The van der Waals surface area contributed by atoms with Gasteiger partial charge in [-0.05, 0) is 49.9 Å². The summed E-state index contributed by atoms with van der Waals surface area (Å²) in [5, 5.41) is 17.5. The highest BCUT2D eigenvalue weighted by Crippen LogP contribution is 2.32. The molecule has 1 saturated heterocycles. The first kappa shape index (κ1) is 40.0. The summed E-state index contributed by atoms with van der Waals surface area (Å²) in [6, 6.07) is 8.64. The largest absolute Gasteiger partial charge is 0.382 e. The number of ether oxygens (including phenoxy) is 3. The maximum Gasteiger partial charge on any atom is 0.264 e. The Kier molecular flexibility index (Phi) is 13.4. The monoisotopic (exact) mass is 773 g/mol. The number of nitrogens with zero attached hydrogens (tertiary/aromatic N) is 4. The molecule has 1 saturated carbocycles. The van der Waals surface area contributed by atoms with Crippen LogP contribution in [0.5, 0.6) is 0 Å². The molecule has 0 radical (unpaired) electrons. The molecule has 3 aliphatic rings. The van der Waals surface area contributed by atoms with E-state index in [4.69, 9.17) is 19.5 Å². The first-order chi connectivity index (χ1) is 27.1. The summed E-state index contributed by atoms with van der Waals surface area (Å²) in [7, 11) is 0. The number of amides is 4. The van der Waals surface area contributed by atoms with Gasteiger partial charge >= 0.3 is 0 Å². The van der Waals surface area contributed by atoms with Crippen LogP contribution >= 0.6 is 0 Å². The van der Waals surface area contributed by atoms with Crippen molar-refractivity contribution in [2.24, 2.45) is 0 Å². The third kappa shape index (κ3) is 10.1. The van der Waals surface area contributed by atoms with E-state index in [1.54, 1.807) is 18.2 Å². The Hall–Kier alpha value is -5.70. The van der Waals surface area contributed by atoms with Gasteiger partial charge < -0.3 is 24.8 Å². The van der Waals surface area contributed by atoms with Gasteiger partial charge in [0.2, 0.25) is 11.8 Å². The van der Waals surface area contributed by atoms with Crippen LogP contribution in [-0.2, 0) is 30.2 Å². The zero-order valence-electron chi connectivity index (χ0n) is 30.5. The quantitative estimate of drug-likeness (QED) is 0.0808. The third-order valence-electron chi connectivity index (χ3n) is 9.35. The molecule has 6 rings (SSSR count). The van der Waals surface area contributed by atoms with E-state index in [0.717, 1.165) is 23.8 Å². The molecular weight excluding hydrogens is 732 g/mol. The number of Topliss-reactive ketones (excluding diaryl/α,β-unsaturated/α-hetero) is 1. The number of fused-ring (bicyclic) bond motifs is 1. The molecule has 1 aromatic carbocycles. The number of hydrogen-bond acceptors (Lipinski definition) is 13. The molecule has 0 spiro atoms. The van der Waals surface area contributed by atoms with Gasteiger partial charge in [0.15, 0.2) is 5.78 Å². The van der Waals surface area contributed by atoms with Gasteiger partial charge in [0.05, 0.1) is 67.6 Å². The van der Waals surface area contributed by atoms with Crippen molar-refractivity contribution in [3.05, 3.63) is 82.2 Å². The highest BCUT2D eigenvalue weighted by Gasteiger charge is 2.45. The van der Waals surface area contributed by atoms with E-state index in [2.05, 4.69) is 25.9 Å². The van der Waals surface area contributed by atoms with E-state index in [0.29, 0.717) is 29.2 Å². The van der Waals surface area contributed by atoms with Crippen LogP contribution in [0.15, 0.2) is 42.7 Å². The van der Waals surface area contributed by atoms with Crippen LogP contribution in [0, 0.1) is 17.1 Å². The Morgan fingerprint density at radius 2 is 1.75 bits per heavy atom. The molecule has 17 heteroatoms. The molecular formula is C39H41F2N7O8. The van der Waals surface area contributed by atoms with Crippen molar-refractivity contribution < 1.29 is 47.0 Å². The maximum absolute atomic E-state index is 14.6. The number of nitrogens with one attached hydrogen (secondary N) is 3. The van der Waals surface area contributed by atoms with Crippen molar-refractivity contribution in [1.82, 2.24) is 20.2 Å². The minimum absolute atomic E-state index is 0.0377. The Morgan fingerprint density at radius 3 is 2.48 bits per heavy atom. The van der Waals surface area contributed by atoms with E-state index in [-0.39, 0.29) is 106 Å². The number of rotatable bonds is 21. The number of piperidine rings is 1. The van der Waals surface area contributed by atoms with Crippen LogP contribution in [0.25, 0.3) is 0 Å². The number of halogens is 2. The molecule has 2 unspecified atom stereocenters. The highest BCUT2D eigenvalue weighted by molar-refractivity contribution is 6.25. The second kappa shape index (κ2) is 18.8. The molecule has 15 nitrogen and oxygen atoms in total. The first-order valence-electron chi connectivity index (χ1n) is 18.4. The average molecular weight is 774 g/mol. The van der Waals surface area contributed by atoms with Gasteiger partial charge in [-0.15, -0.1) is 0 Å². The van der Waals surface area contributed by atoms with Gasteiger partial charge in [0.25, 0.3) is 11.8 Å². The number of carbonyl (C=O) groups is 5. The number of hydrogen-bond donors (Lipinski definition) is 3. The molecule has 4 heterocycles. The Morgan fingerprint density at radius 1 is 0.982 bits per heavy atom. The number of anilines is 2. The van der Waals surface area contributed by atoms with Crippen LogP contribution in [0.1, 0.15) is 86.6 Å². The van der Waals surface area contributed by atoms with Gasteiger partial charge in [0.1, 0.15) is 24.1 Å². The number of aromatic nitrogens is 2. The van der Waals surface area contributed by atoms with Crippen LogP contribution in [0.4, 0.5) is 20.2 Å². The minimum Gasteiger partial charge on any atom is -0.382 e. The molecule has 2 aromatic heterocycles. The molecule has 2 atom stereocenters. The summed E-state index contributed by atoms with van der Waals surface area (Å²) in [6.07, 6.45) is 3.35. The SMILES string of the molecule is N#Cc1cnc(Cc2cc(NC3CC3)c(C(=O)CCC(F)COCCOCCOCCNc3cccc4c3C(=O)N(C3CCC(=O)NC3=O)C4=O)cn2)c(F)c1. The highest BCUT2D eigenvalue weighted by atomic mass is 19.1. The molecule has 294 valence electrons. The summed E-state index contributed by atoms with van der Waals surface area (Å²) in [4.78, 5) is 72.4. The fourth-order valence-corrected chi connectivity index (χ4v) is 6.29. The van der Waals surface area contributed by atoms with Crippen molar-refractivity contribution >= 4 is 40.8 Å². The van der Waals surface area contributed by atoms with Gasteiger partial charge in [0, 0.05) is 61.3 Å². The minimum atomic E-state index is -1.37. The number of alkyl halides is 1. The lowest BCUT2D eigenvalue weighted by Gasteiger charge is -2.27. The summed E-state index contributed by atoms with van der Waals surface area (Å²) < 4.78 is 45.4. The van der Waals surface area contributed by atoms with E-state index >= 15 is 0 Å². The molecule has 1 aliphatic carbocycles. The van der Waals surface area contributed by atoms with E-state index in [9.17, 15) is 32.8 Å². The Balaban J connectivity index is 0.838. The second-order valence-corrected chi connectivity index (χ2v) is 13.5. The number of imide groups is 2. The Bertz CT molecular complexity index is 2020. The van der Waals surface area contributed by atoms with Crippen molar-refractivity contribution in [1.29, 1.82) is 5.26 Å². The van der Waals surface area contributed by atoms with Crippen LogP contribution < -0.4 is 16.0 Å². The molecule has 3 N–H and O–H groups in total. The van der Waals surface area contributed by atoms with E-state index in [1.807, 2.05) is 6.07 Å². The number of ketones is 1. The molecule has 2 aliphatic heterocycles. The molecule has 4 amide bonds. The first-order valence-corrected chi connectivity index (χ1v) is 18.4. The van der Waals surface area contributed by atoms with Gasteiger partial charge in [-0.1, -0.05) is 6.07 Å². The summed E-state index contributed by atoms with van der Waals surface area (Å²) in [5.74, 6) is -3.18. The van der Waals surface area contributed by atoms with Crippen molar-refractivity contribution in [2.75, 3.05) is 56.8 Å². The predicted octanol–water partition coefficient (Wildman–Crippen LogP) is 3.52. The normalized spacial score (nSPS) is 17.0. The van der Waals surface area contributed by atoms with E-state index in [1.165, 1.54) is 18.5 Å². The van der Waals surface area contributed by atoms with Gasteiger partial charge in [-0.25, -0.2) is 8.78 Å². The topological polar surface area (TPSA) is 202 Å². The lowest BCUT2D eigenvalue weighted by molar-refractivity contribution is -0.136. The smallest absolute Gasteiger partial charge is 0.264 e. The standard InChI is InChI=1S/C39H41F2N7O8/c40-24(4-8-34(49)28-21-44-26(17-31(28)46-25-5-6-25)18-32-29(41)16-23(19-42)20-45-32)22-56-15-14-55-13-12-54-11-10-43-30-3-1-2-27-36(30)39(53)48(38(27)52)33-7-9-35(50)47-37(33)51/h1-3,16-17,20-21,24-25,33,43H,4-15,18,22H2,(H,44,46)(H,47,50,51). The number of carbonyl (C=O) groups excluding carboxylic acids is 5. The van der Waals surface area contributed by atoms with Crippen molar-refractivity contribution in [3.63, 3.8) is 0 Å². The van der Waals surface area contributed by atoms with Crippen LogP contribution in [0.3, 0.4) is 0 Å². The predicted molar refractivity (Wildman–Crippen MR) is 195 cm³/mol. The zero-order chi connectivity index (χ0) is 39.6. The third-order valence-corrected chi connectivity index (χ3v) is 9.35. The lowest BCUT2D eigenvalue weighted by Crippen LogP contribution is -2.54. The molecule has 3 aromatic rings. The number of benzene rings is 1. The number of nitriles is 1. The van der Waals surface area contributed by atoms with Crippen molar-refractivity contribution in [3.8, 4) is 6.07 Å². The fraction of sp³-hybridized carbons (Fsp3) is 0.436. The van der Waals surface area contributed by atoms with E-state index < -0.39 is 41.7 Å². The summed E-state index contributed by atoms with van der Waals surface area (Å²) in [5.41, 5.74) is 2.42. The molecule has 56 heavy (non-hydrogen) atoms. The maximum atomic E-state index is 14.6. The Labute approximate surface area is 321 Å². The van der Waals surface area contributed by atoms with Crippen LogP contribution in [-0.4, -0.2) is 109 Å². The van der Waals surface area contributed by atoms with Gasteiger partial charge in [-0.2, -0.15) is 5.26 Å². The van der Waals surface area contributed by atoms with Crippen LogP contribution in [0.2, 0.25) is 0 Å². The molecule has 2 fully saturated rings. The second-order valence-electron chi connectivity index (χ2n) is 13.5. The summed E-state index contributed by atoms with van der Waals surface area (Å²) in [6.45, 7) is 1.26. The average Bonchev–Trinajstić information content (AvgIpc) is 3.97.